The molecule has 132 valence electrons. The van der Waals surface area contributed by atoms with Gasteiger partial charge in [-0.1, -0.05) is 11.6 Å². The third-order valence-electron chi connectivity index (χ3n) is 3.64. The van der Waals surface area contributed by atoms with Crippen molar-refractivity contribution in [3.63, 3.8) is 0 Å². The van der Waals surface area contributed by atoms with Gasteiger partial charge in [-0.25, -0.2) is 9.25 Å². The molecular weight excluding hydrogens is 358 g/mol. The molecule has 2 heterocycles. The number of rotatable bonds is 5. The van der Waals surface area contributed by atoms with Crippen LogP contribution in [0, 0.1) is 10.1 Å². The molecule has 0 aliphatic carbocycles. The Kier molecular flexibility index (Phi) is 4.90. The van der Waals surface area contributed by atoms with Crippen LogP contribution in [0.25, 0.3) is 0 Å². The third kappa shape index (κ3) is 3.83. The number of azo groups is 1. The Morgan fingerprint density at radius 1 is 1.27 bits per heavy atom. The molecule has 0 bridgehead atoms. The van der Waals surface area contributed by atoms with Crippen molar-refractivity contribution in [1.29, 1.82) is 0 Å². The fourth-order valence-electron chi connectivity index (χ4n) is 2.24. The Labute approximate surface area is 153 Å². The highest BCUT2D eigenvalue weighted by molar-refractivity contribution is 6.30. The predicted molar refractivity (Wildman–Crippen MR) is 95.6 cm³/mol. The second-order valence-corrected chi connectivity index (χ2v) is 5.97. The average molecular weight is 373 g/mol. The van der Waals surface area contributed by atoms with Gasteiger partial charge in [0.15, 0.2) is 18.1 Å². The van der Waals surface area contributed by atoms with Gasteiger partial charge in [0.25, 0.3) is 5.69 Å². The molecule has 0 saturated heterocycles. The summed E-state index contributed by atoms with van der Waals surface area (Å²) in [6.45, 7) is 0.472. The molecule has 0 spiro atoms. The van der Waals surface area contributed by atoms with Gasteiger partial charge in [-0.15, -0.1) is 10.2 Å². The molecule has 0 saturated carbocycles. The van der Waals surface area contributed by atoms with E-state index in [2.05, 4.69) is 15.3 Å². The average Bonchev–Trinajstić information content (AvgIpc) is 2.95. The quantitative estimate of drug-likeness (QED) is 0.320. The van der Waals surface area contributed by atoms with Crippen molar-refractivity contribution >= 4 is 34.5 Å². The third-order valence-corrected chi connectivity index (χ3v) is 3.87. The van der Waals surface area contributed by atoms with E-state index in [1.165, 1.54) is 24.4 Å². The summed E-state index contributed by atoms with van der Waals surface area (Å²) in [6, 6.07) is 7.98. The van der Waals surface area contributed by atoms with Crippen LogP contribution in [-0.2, 0) is 13.6 Å². The minimum atomic E-state index is -0.549. The van der Waals surface area contributed by atoms with Gasteiger partial charge in [-0.3, -0.25) is 10.1 Å². The Bertz CT molecular complexity index is 983. The minimum Gasteiger partial charge on any atom is -0.382 e. The number of nitro benzene ring substituents is 1. The van der Waals surface area contributed by atoms with Crippen LogP contribution in [0.5, 0.6) is 0 Å². The number of halogens is 1. The molecule has 10 heteroatoms. The zero-order valence-electron chi connectivity index (χ0n) is 13.8. The molecule has 2 aromatic heterocycles. The lowest BCUT2D eigenvalue weighted by Gasteiger charge is -2.03. The van der Waals surface area contributed by atoms with Crippen LogP contribution in [0.15, 0.2) is 59.2 Å². The predicted octanol–water partition coefficient (Wildman–Crippen LogP) is 3.32. The monoisotopic (exact) mass is 372 g/mol. The van der Waals surface area contributed by atoms with E-state index < -0.39 is 4.92 Å². The van der Waals surface area contributed by atoms with E-state index in [0.717, 1.165) is 5.56 Å². The van der Waals surface area contributed by atoms with E-state index in [4.69, 9.17) is 17.3 Å². The molecule has 26 heavy (non-hydrogen) atoms. The second kappa shape index (κ2) is 7.28. The number of nitrogens with two attached hydrogens (primary N) is 1. The SMILES string of the molecule is C[n+]1ccc(Cn2ncc(N=Nc3cc(Cl)ccc3[N+](=O)[O-])c2N)cc1. The van der Waals surface area contributed by atoms with Gasteiger partial charge in [-0.2, -0.15) is 5.10 Å². The molecule has 0 aliphatic heterocycles. The Morgan fingerprint density at radius 3 is 2.65 bits per heavy atom. The first kappa shape index (κ1) is 17.5. The van der Waals surface area contributed by atoms with Crippen LogP contribution in [0.2, 0.25) is 5.02 Å². The number of nitrogens with zero attached hydrogens (tertiary/aromatic N) is 6. The van der Waals surface area contributed by atoms with Crippen LogP contribution in [0.3, 0.4) is 0 Å². The molecule has 0 amide bonds. The van der Waals surface area contributed by atoms with Gasteiger partial charge >= 0.3 is 0 Å². The summed E-state index contributed by atoms with van der Waals surface area (Å²) in [7, 11) is 1.93. The molecule has 2 N–H and O–H groups in total. The van der Waals surface area contributed by atoms with Crippen LogP contribution < -0.4 is 10.3 Å². The van der Waals surface area contributed by atoms with Gasteiger partial charge in [0, 0.05) is 23.2 Å². The first-order valence-corrected chi connectivity index (χ1v) is 7.93. The molecule has 0 aliphatic rings. The van der Waals surface area contributed by atoms with Crippen LogP contribution >= 0.6 is 11.6 Å². The van der Waals surface area contributed by atoms with Gasteiger partial charge in [-0.05, 0) is 17.7 Å². The van der Waals surface area contributed by atoms with Crippen molar-refractivity contribution in [2.45, 2.75) is 6.54 Å². The Morgan fingerprint density at radius 2 is 1.96 bits per heavy atom. The fourth-order valence-corrected chi connectivity index (χ4v) is 2.40. The number of nitro groups is 1. The van der Waals surface area contributed by atoms with E-state index in [0.29, 0.717) is 23.1 Å². The smallest absolute Gasteiger partial charge is 0.296 e. The summed E-state index contributed by atoms with van der Waals surface area (Å²) in [4.78, 5) is 10.5. The highest BCUT2D eigenvalue weighted by atomic mass is 35.5. The summed E-state index contributed by atoms with van der Waals surface area (Å²) in [5.74, 6) is 0.312. The standard InChI is InChI=1S/C16H15ClN7O2/c1-22-6-4-11(5-7-22)10-23-16(18)14(9-19-23)21-20-13-8-12(17)2-3-15(13)24(25)26/h2-9H,10,18H2,1H3/q+1. The first-order chi connectivity index (χ1) is 12.4. The number of hydrogen-bond acceptors (Lipinski definition) is 6. The maximum atomic E-state index is 11.1. The lowest BCUT2D eigenvalue weighted by Crippen LogP contribution is -2.26. The topological polar surface area (TPSA) is 116 Å². The normalized spacial score (nSPS) is 11.2. The first-order valence-electron chi connectivity index (χ1n) is 7.55. The highest BCUT2D eigenvalue weighted by Crippen LogP contribution is 2.32. The molecule has 3 aromatic rings. The van der Waals surface area contributed by atoms with Crippen molar-refractivity contribution in [2.24, 2.45) is 17.3 Å². The number of pyridine rings is 1. The number of benzene rings is 1. The van der Waals surface area contributed by atoms with Crippen molar-refractivity contribution in [3.05, 3.63) is 69.6 Å². The zero-order valence-corrected chi connectivity index (χ0v) is 14.5. The number of hydrogen-bond donors (Lipinski definition) is 1. The van der Waals surface area contributed by atoms with Crippen molar-refractivity contribution < 1.29 is 9.49 Å². The molecule has 0 radical (unpaired) electrons. The van der Waals surface area contributed by atoms with Gasteiger partial charge in [0.05, 0.1) is 17.7 Å². The summed E-state index contributed by atoms with van der Waals surface area (Å²) in [6.07, 6.45) is 5.31. The maximum Gasteiger partial charge on any atom is 0.296 e. The Hall–Kier alpha value is -3.33. The van der Waals surface area contributed by atoms with Crippen molar-refractivity contribution in [1.82, 2.24) is 9.78 Å². The molecule has 1 aromatic carbocycles. The molecule has 0 unspecified atom stereocenters. The summed E-state index contributed by atoms with van der Waals surface area (Å²) in [5.41, 5.74) is 7.25. The molecule has 9 nitrogen and oxygen atoms in total. The highest BCUT2D eigenvalue weighted by Gasteiger charge is 2.14. The molecule has 0 atom stereocenters. The lowest BCUT2D eigenvalue weighted by molar-refractivity contribution is -0.671. The Balaban J connectivity index is 1.84. The number of aromatic nitrogens is 3. The maximum absolute atomic E-state index is 11.1. The van der Waals surface area contributed by atoms with E-state index in [1.807, 2.05) is 36.1 Å². The molecule has 0 fully saturated rings. The zero-order chi connectivity index (χ0) is 18.7. The largest absolute Gasteiger partial charge is 0.382 e. The fraction of sp³-hybridized carbons (Fsp3) is 0.125. The summed E-state index contributed by atoms with van der Waals surface area (Å²) in [5, 5.41) is 23.5. The molecule has 3 rings (SSSR count). The van der Waals surface area contributed by atoms with Gasteiger partial charge in [0.1, 0.15) is 18.6 Å². The van der Waals surface area contributed by atoms with Crippen molar-refractivity contribution in [3.8, 4) is 0 Å². The van der Waals surface area contributed by atoms with E-state index in [1.54, 1.807) is 4.68 Å². The van der Waals surface area contributed by atoms with E-state index in [-0.39, 0.29) is 11.4 Å². The number of aryl methyl sites for hydroxylation is 1. The van der Waals surface area contributed by atoms with Gasteiger partial charge < -0.3 is 5.73 Å². The van der Waals surface area contributed by atoms with Crippen molar-refractivity contribution in [2.75, 3.05) is 5.73 Å². The van der Waals surface area contributed by atoms with Crippen LogP contribution in [0.1, 0.15) is 5.56 Å². The summed E-state index contributed by atoms with van der Waals surface area (Å²) < 4.78 is 3.50. The van der Waals surface area contributed by atoms with E-state index in [9.17, 15) is 10.1 Å². The van der Waals surface area contributed by atoms with Gasteiger partial charge in [0.2, 0.25) is 0 Å². The second-order valence-electron chi connectivity index (χ2n) is 5.53. The summed E-state index contributed by atoms with van der Waals surface area (Å²) >= 11 is 5.87. The van der Waals surface area contributed by atoms with Crippen LogP contribution in [-0.4, -0.2) is 14.7 Å². The minimum absolute atomic E-state index is 0.0465. The lowest BCUT2D eigenvalue weighted by atomic mass is 10.3. The van der Waals surface area contributed by atoms with E-state index >= 15 is 0 Å². The number of nitrogen functional groups attached to an aromatic ring is 1. The molecular formula is C16H15ClN7O2+. The number of anilines is 1. The van der Waals surface area contributed by atoms with Crippen LogP contribution in [0.4, 0.5) is 22.9 Å².